The van der Waals surface area contributed by atoms with Crippen molar-refractivity contribution in [2.24, 2.45) is 5.73 Å². The molecule has 0 radical (unpaired) electrons. The third-order valence-corrected chi connectivity index (χ3v) is 2.76. The van der Waals surface area contributed by atoms with Gasteiger partial charge in [0.2, 0.25) is 0 Å². The molecule has 0 aliphatic rings. The van der Waals surface area contributed by atoms with Crippen LogP contribution in [0.1, 0.15) is 24.5 Å². The second kappa shape index (κ2) is 7.00. The van der Waals surface area contributed by atoms with Gasteiger partial charge in [0.1, 0.15) is 5.75 Å². The summed E-state index contributed by atoms with van der Waals surface area (Å²) in [5, 5.41) is 0.663. The van der Waals surface area contributed by atoms with Crippen LogP contribution in [0.4, 0.5) is 0 Å². The SMILES string of the molecule is CCC(N)Cc1cc(C)cc(Cl)c1OC.Cl. The number of halogens is 2. The first-order valence-electron chi connectivity index (χ1n) is 5.17. The zero-order valence-corrected chi connectivity index (χ0v) is 11.5. The van der Waals surface area contributed by atoms with Gasteiger partial charge in [0, 0.05) is 6.04 Å². The first kappa shape index (κ1) is 15.6. The van der Waals surface area contributed by atoms with Crippen molar-refractivity contribution >= 4 is 24.0 Å². The van der Waals surface area contributed by atoms with E-state index in [2.05, 4.69) is 13.0 Å². The number of benzene rings is 1. The van der Waals surface area contributed by atoms with E-state index in [0.717, 1.165) is 29.7 Å². The molecular weight excluding hydrogens is 245 g/mol. The third-order valence-electron chi connectivity index (χ3n) is 2.48. The van der Waals surface area contributed by atoms with Gasteiger partial charge < -0.3 is 10.5 Å². The lowest BCUT2D eigenvalue weighted by Gasteiger charge is -2.14. The summed E-state index contributed by atoms with van der Waals surface area (Å²) in [4.78, 5) is 0. The van der Waals surface area contributed by atoms with E-state index >= 15 is 0 Å². The molecule has 92 valence electrons. The second-order valence-corrected chi connectivity index (χ2v) is 4.22. The zero-order chi connectivity index (χ0) is 11.4. The molecule has 0 amide bonds. The summed E-state index contributed by atoms with van der Waals surface area (Å²) in [6.45, 7) is 4.10. The highest BCUT2D eigenvalue weighted by Gasteiger charge is 2.11. The maximum atomic E-state index is 6.10. The minimum Gasteiger partial charge on any atom is -0.495 e. The molecule has 1 unspecified atom stereocenters. The van der Waals surface area contributed by atoms with E-state index in [1.807, 2.05) is 13.0 Å². The van der Waals surface area contributed by atoms with Crippen molar-refractivity contribution in [1.29, 1.82) is 0 Å². The first-order chi connectivity index (χ1) is 7.08. The van der Waals surface area contributed by atoms with Crippen molar-refractivity contribution in [1.82, 2.24) is 0 Å². The molecule has 1 aromatic carbocycles. The van der Waals surface area contributed by atoms with Gasteiger partial charge >= 0.3 is 0 Å². The molecule has 0 aliphatic heterocycles. The molecule has 4 heteroatoms. The van der Waals surface area contributed by atoms with E-state index in [1.165, 1.54) is 0 Å². The Hall–Kier alpha value is -0.440. The Labute approximate surface area is 109 Å². The Morgan fingerprint density at radius 1 is 1.44 bits per heavy atom. The molecule has 2 N–H and O–H groups in total. The van der Waals surface area contributed by atoms with Crippen LogP contribution in [0.3, 0.4) is 0 Å². The minimum atomic E-state index is 0. The molecule has 1 atom stereocenters. The number of ether oxygens (including phenoxy) is 1. The lowest BCUT2D eigenvalue weighted by atomic mass is 10.0. The van der Waals surface area contributed by atoms with Crippen LogP contribution in [0.25, 0.3) is 0 Å². The summed E-state index contributed by atoms with van der Waals surface area (Å²) in [5.41, 5.74) is 8.16. The molecule has 16 heavy (non-hydrogen) atoms. The molecular formula is C12H19Cl2NO. The van der Waals surface area contributed by atoms with E-state index in [4.69, 9.17) is 22.1 Å². The van der Waals surface area contributed by atoms with Gasteiger partial charge in [-0.1, -0.05) is 24.6 Å². The standard InChI is InChI=1S/C12H18ClNO.ClH/c1-4-10(14)7-9-5-8(2)6-11(13)12(9)15-3;/h5-6,10H,4,7,14H2,1-3H3;1H. The second-order valence-electron chi connectivity index (χ2n) is 3.81. The molecule has 0 aliphatic carbocycles. The number of rotatable bonds is 4. The lowest BCUT2D eigenvalue weighted by Crippen LogP contribution is -2.21. The number of aryl methyl sites for hydroxylation is 1. The summed E-state index contributed by atoms with van der Waals surface area (Å²) in [7, 11) is 1.64. The normalized spacial score (nSPS) is 11.8. The van der Waals surface area contributed by atoms with Crippen LogP contribution in [0, 0.1) is 6.92 Å². The number of hydrogen-bond acceptors (Lipinski definition) is 2. The van der Waals surface area contributed by atoms with E-state index < -0.39 is 0 Å². The van der Waals surface area contributed by atoms with Crippen molar-refractivity contribution in [2.75, 3.05) is 7.11 Å². The van der Waals surface area contributed by atoms with Crippen molar-refractivity contribution in [3.8, 4) is 5.75 Å². The van der Waals surface area contributed by atoms with Gasteiger partial charge in [0.25, 0.3) is 0 Å². The van der Waals surface area contributed by atoms with Crippen molar-refractivity contribution < 1.29 is 4.74 Å². The van der Waals surface area contributed by atoms with Gasteiger partial charge in [-0.25, -0.2) is 0 Å². The summed E-state index contributed by atoms with van der Waals surface area (Å²) in [6.07, 6.45) is 1.76. The highest BCUT2D eigenvalue weighted by atomic mass is 35.5. The fourth-order valence-electron chi connectivity index (χ4n) is 1.61. The molecule has 0 spiro atoms. The molecule has 2 nitrogen and oxygen atoms in total. The van der Waals surface area contributed by atoms with Gasteiger partial charge in [-0.2, -0.15) is 0 Å². The van der Waals surface area contributed by atoms with Gasteiger partial charge in [-0.05, 0) is 37.0 Å². The van der Waals surface area contributed by atoms with Crippen LogP contribution >= 0.6 is 24.0 Å². The fourth-order valence-corrected chi connectivity index (χ4v) is 1.98. The molecule has 0 saturated heterocycles. The molecule has 0 fully saturated rings. The maximum Gasteiger partial charge on any atom is 0.140 e. The van der Waals surface area contributed by atoms with Gasteiger partial charge in [0.15, 0.2) is 0 Å². The lowest BCUT2D eigenvalue weighted by molar-refractivity contribution is 0.407. The number of methoxy groups -OCH3 is 1. The molecule has 0 heterocycles. The highest BCUT2D eigenvalue weighted by molar-refractivity contribution is 6.32. The summed E-state index contributed by atoms with van der Waals surface area (Å²) >= 11 is 6.10. The predicted octanol–water partition coefficient (Wildman–Crippen LogP) is 3.36. The zero-order valence-electron chi connectivity index (χ0n) is 9.92. The summed E-state index contributed by atoms with van der Waals surface area (Å²) < 4.78 is 5.29. The van der Waals surface area contributed by atoms with E-state index in [-0.39, 0.29) is 18.4 Å². The largest absolute Gasteiger partial charge is 0.495 e. The minimum absolute atomic E-state index is 0. The Balaban J connectivity index is 0.00000225. The maximum absolute atomic E-state index is 6.10. The molecule has 0 saturated carbocycles. The van der Waals surface area contributed by atoms with Crippen molar-refractivity contribution in [3.63, 3.8) is 0 Å². The van der Waals surface area contributed by atoms with Crippen LogP contribution in [0.2, 0.25) is 5.02 Å². The van der Waals surface area contributed by atoms with Crippen LogP contribution in [0.15, 0.2) is 12.1 Å². The van der Waals surface area contributed by atoms with Gasteiger partial charge in [-0.3, -0.25) is 0 Å². The van der Waals surface area contributed by atoms with Crippen LogP contribution < -0.4 is 10.5 Å². The Bertz CT molecular complexity index is 342. The first-order valence-corrected chi connectivity index (χ1v) is 5.54. The topological polar surface area (TPSA) is 35.2 Å². The summed E-state index contributed by atoms with van der Waals surface area (Å²) in [6, 6.07) is 4.15. The van der Waals surface area contributed by atoms with E-state index in [1.54, 1.807) is 7.11 Å². The monoisotopic (exact) mass is 263 g/mol. The Morgan fingerprint density at radius 2 is 2.06 bits per heavy atom. The van der Waals surface area contributed by atoms with Crippen LogP contribution in [0.5, 0.6) is 5.75 Å². The molecule has 1 aromatic rings. The summed E-state index contributed by atoms with van der Waals surface area (Å²) in [5.74, 6) is 0.756. The predicted molar refractivity (Wildman–Crippen MR) is 72.0 cm³/mol. The number of hydrogen-bond donors (Lipinski definition) is 1. The van der Waals surface area contributed by atoms with Crippen molar-refractivity contribution in [2.45, 2.75) is 32.7 Å². The Kier molecular flexibility index (Phi) is 6.81. The van der Waals surface area contributed by atoms with Crippen LogP contribution in [-0.2, 0) is 6.42 Å². The van der Waals surface area contributed by atoms with E-state index in [9.17, 15) is 0 Å². The quantitative estimate of drug-likeness (QED) is 0.905. The van der Waals surface area contributed by atoms with Crippen LogP contribution in [-0.4, -0.2) is 13.2 Å². The van der Waals surface area contributed by atoms with E-state index in [0.29, 0.717) is 5.02 Å². The Morgan fingerprint density at radius 3 is 2.56 bits per heavy atom. The molecule has 1 rings (SSSR count). The van der Waals surface area contributed by atoms with Crippen molar-refractivity contribution in [3.05, 3.63) is 28.3 Å². The average molecular weight is 264 g/mol. The average Bonchev–Trinajstić information content (AvgIpc) is 2.17. The smallest absolute Gasteiger partial charge is 0.140 e. The van der Waals surface area contributed by atoms with Gasteiger partial charge in [-0.15, -0.1) is 12.4 Å². The molecule has 0 bridgehead atoms. The third kappa shape index (κ3) is 3.85. The highest BCUT2D eigenvalue weighted by Crippen LogP contribution is 2.30. The fraction of sp³-hybridized carbons (Fsp3) is 0.500. The number of nitrogens with two attached hydrogens (primary N) is 1. The van der Waals surface area contributed by atoms with Gasteiger partial charge in [0.05, 0.1) is 12.1 Å². The molecule has 0 aromatic heterocycles.